The van der Waals surface area contributed by atoms with Gasteiger partial charge in [-0.15, -0.1) is 11.3 Å². The van der Waals surface area contributed by atoms with Gasteiger partial charge in [-0.3, -0.25) is 5.32 Å². The molecule has 0 aliphatic carbocycles. The number of nitrogens with one attached hydrogen (secondary N) is 1. The molecule has 5 heteroatoms. The second-order valence-corrected chi connectivity index (χ2v) is 5.85. The number of aryl methyl sites for hydroxylation is 1. The molecule has 20 heavy (non-hydrogen) atoms. The predicted octanol–water partition coefficient (Wildman–Crippen LogP) is 3.90. The first kappa shape index (κ1) is 14.5. The monoisotopic (exact) mass is 289 g/mol. The zero-order valence-corrected chi connectivity index (χ0v) is 12.6. The van der Waals surface area contributed by atoms with Gasteiger partial charge in [0.25, 0.3) is 0 Å². The molecule has 1 heterocycles. The summed E-state index contributed by atoms with van der Waals surface area (Å²) in [7, 11) is 0. The zero-order valence-electron chi connectivity index (χ0n) is 11.8. The molecule has 0 bridgehead atoms. The number of aromatic nitrogens is 1. The first-order valence-electron chi connectivity index (χ1n) is 6.71. The summed E-state index contributed by atoms with van der Waals surface area (Å²) in [5.74, 6) is 0. The molecule has 0 aliphatic heterocycles. The molecule has 2 amide bonds. The summed E-state index contributed by atoms with van der Waals surface area (Å²) < 4.78 is 0. The topological polar surface area (TPSA) is 45.2 Å². The normalized spacial score (nSPS) is 10.3. The lowest BCUT2D eigenvalue weighted by atomic mass is 10.2. The number of urea groups is 1. The maximum atomic E-state index is 12.3. The average molecular weight is 289 g/mol. The lowest BCUT2D eigenvalue weighted by molar-refractivity contribution is 0.209. The van der Waals surface area contributed by atoms with E-state index in [2.05, 4.69) is 17.2 Å². The minimum Gasteiger partial charge on any atom is -0.320 e. The van der Waals surface area contributed by atoms with Crippen molar-refractivity contribution in [3.8, 4) is 0 Å². The molecule has 0 radical (unpaired) electrons. The molecule has 2 aromatic rings. The Morgan fingerprint density at radius 2 is 2.10 bits per heavy atom. The summed E-state index contributed by atoms with van der Waals surface area (Å²) in [5.41, 5.74) is 1.13. The van der Waals surface area contributed by atoms with E-state index in [0.29, 0.717) is 11.7 Å². The predicted molar refractivity (Wildman–Crippen MR) is 83.0 cm³/mol. The maximum Gasteiger partial charge on any atom is 0.323 e. The summed E-state index contributed by atoms with van der Waals surface area (Å²) in [6.45, 7) is 5.38. The van der Waals surface area contributed by atoms with Crippen LogP contribution in [0.25, 0.3) is 0 Å². The first-order chi connectivity index (χ1) is 9.69. The molecular weight excluding hydrogens is 270 g/mol. The minimum absolute atomic E-state index is 0.0925. The van der Waals surface area contributed by atoms with Crippen molar-refractivity contribution in [2.45, 2.75) is 26.8 Å². The van der Waals surface area contributed by atoms with Gasteiger partial charge < -0.3 is 4.90 Å². The van der Waals surface area contributed by atoms with Gasteiger partial charge in [0.1, 0.15) is 0 Å². The molecule has 0 unspecified atom stereocenters. The van der Waals surface area contributed by atoms with Gasteiger partial charge in [-0.1, -0.05) is 37.3 Å². The molecule has 0 spiro atoms. The highest BCUT2D eigenvalue weighted by Gasteiger charge is 2.14. The van der Waals surface area contributed by atoms with Crippen molar-refractivity contribution in [2.75, 3.05) is 11.9 Å². The average Bonchev–Trinajstić information content (AvgIpc) is 2.85. The van der Waals surface area contributed by atoms with Crippen molar-refractivity contribution in [2.24, 2.45) is 0 Å². The number of benzene rings is 1. The summed E-state index contributed by atoms with van der Waals surface area (Å²) in [6.07, 6.45) is 2.69. The molecule has 0 atom stereocenters. The van der Waals surface area contributed by atoms with E-state index in [0.717, 1.165) is 23.4 Å². The number of carbonyl (C=O) groups excluding carboxylic acids is 1. The Morgan fingerprint density at radius 3 is 2.70 bits per heavy atom. The third kappa shape index (κ3) is 4.06. The van der Waals surface area contributed by atoms with Crippen LogP contribution in [0.2, 0.25) is 0 Å². The lowest BCUT2D eigenvalue weighted by Crippen LogP contribution is -2.35. The van der Waals surface area contributed by atoms with Crippen LogP contribution in [0, 0.1) is 6.92 Å². The van der Waals surface area contributed by atoms with Crippen molar-refractivity contribution in [3.05, 3.63) is 47.0 Å². The highest BCUT2D eigenvalue weighted by molar-refractivity contribution is 7.15. The number of hydrogen-bond acceptors (Lipinski definition) is 3. The molecular formula is C15H19N3OS. The molecule has 0 fully saturated rings. The highest BCUT2D eigenvalue weighted by atomic mass is 32.1. The van der Waals surface area contributed by atoms with Crippen LogP contribution in [0.5, 0.6) is 0 Å². The maximum absolute atomic E-state index is 12.3. The van der Waals surface area contributed by atoms with Crippen molar-refractivity contribution < 1.29 is 4.79 Å². The molecule has 106 valence electrons. The second-order valence-electron chi connectivity index (χ2n) is 4.61. The van der Waals surface area contributed by atoms with Crippen molar-refractivity contribution >= 4 is 22.5 Å². The number of amides is 2. The summed E-state index contributed by atoms with van der Waals surface area (Å²) in [6, 6.07) is 9.92. The Kier molecular flexibility index (Phi) is 5.12. The Labute approximate surface area is 123 Å². The molecule has 2 rings (SSSR count). The lowest BCUT2D eigenvalue weighted by Gasteiger charge is -2.22. The van der Waals surface area contributed by atoms with Crippen LogP contribution in [0.1, 0.15) is 23.8 Å². The number of thiazole rings is 1. The summed E-state index contributed by atoms with van der Waals surface area (Å²) in [4.78, 5) is 19.4. The minimum atomic E-state index is -0.0925. The van der Waals surface area contributed by atoms with Crippen LogP contribution in [0.4, 0.5) is 9.93 Å². The van der Waals surface area contributed by atoms with Gasteiger partial charge in [0, 0.05) is 24.2 Å². The Morgan fingerprint density at radius 1 is 1.35 bits per heavy atom. The molecule has 0 saturated heterocycles. The van der Waals surface area contributed by atoms with E-state index in [1.54, 1.807) is 6.20 Å². The van der Waals surface area contributed by atoms with Gasteiger partial charge in [0.15, 0.2) is 5.13 Å². The fourth-order valence-corrected chi connectivity index (χ4v) is 2.56. The number of nitrogens with zero attached hydrogens (tertiary/aromatic N) is 2. The number of rotatable bonds is 5. The molecule has 0 aliphatic rings. The van der Waals surface area contributed by atoms with Gasteiger partial charge in [-0.05, 0) is 18.9 Å². The third-order valence-corrected chi connectivity index (χ3v) is 3.66. The van der Waals surface area contributed by atoms with Crippen LogP contribution in [-0.4, -0.2) is 22.5 Å². The van der Waals surface area contributed by atoms with Crippen molar-refractivity contribution in [1.29, 1.82) is 0 Å². The van der Waals surface area contributed by atoms with Gasteiger partial charge in [-0.2, -0.15) is 0 Å². The standard InChI is InChI=1S/C15H19N3OS/c1-3-9-18(11-13-7-5-4-6-8-13)15(19)17-14-16-10-12(2)20-14/h4-8,10H,3,9,11H2,1-2H3,(H,16,17,19). The second kappa shape index (κ2) is 7.05. The quantitative estimate of drug-likeness (QED) is 0.907. The number of anilines is 1. The third-order valence-electron chi connectivity index (χ3n) is 2.83. The Bertz CT molecular complexity index is 553. The van der Waals surface area contributed by atoms with Crippen LogP contribution in [0.15, 0.2) is 36.5 Å². The van der Waals surface area contributed by atoms with Gasteiger partial charge in [-0.25, -0.2) is 9.78 Å². The number of hydrogen-bond donors (Lipinski definition) is 1. The van der Waals surface area contributed by atoms with Gasteiger partial charge in [0.05, 0.1) is 0 Å². The SMILES string of the molecule is CCCN(Cc1ccccc1)C(=O)Nc1ncc(C)s1. The van der Waals surface area contributed by atoms with E-state index in [4.69, 9.17) is 0 Å². The van der Waals surface area contributed by atoms with Gasteiger partial charge >= 0.3 is 6.03 Å². The van der Waals surface area contributed by atoms with Gasteiger partial charge in [0.2, 0.25) is 0 Å². The van der Waals surface area contributed by atoms with E-state index < -0.39 is 0 Å². The Balaban J connectivity index is 2.02. The van der Waals surface area contributed by atoms with Crippen LogP contribution >= 0.6 is 11.3 Å². The largest absolute Gasteiger partial charge is 0.323 e. The van der Waals surface area contributed by atoms with E-state index in [1.807, 2.05) is 42.2 Å². The zero-order chi connectivity index (χ0) is 14.4. The molecule has 0 saturated carbocycles. The Hall–Kier alpha value is -1.88. The van der Waals surface area contributed by atoms with Crippen LogP contribution in [0.3, 0.4) is 0 Å². The van der Waals surface area contributed by atoms with Crippen molar-refractivity contribution in [3.63, 3.8) is 0 Å². The van der Waals surface area contributed by atoms with E-state index in [1.165, 1.54) is 11.3 Å². The van der Waals surface area contributed by atoms with Crippen molar-refractivity contribution in [1.82, 2.24) is 9.88 Å². The molecule has 1 aromatic heterocycles. The summed E-state index contributed by atoms with van der Waals surface area (Å²) in [5, 5.41) is 3.52. The first-order valence-corrected chi connectivity index (χ1v) is 7.53. The fourth-order valence-electron chi connectivity index (χ4n) is 1.91. The van der Waals surface area contributed by atoms with Crippen LogP contribution < -0.4 is 5.32 Å². The molecule has 4 nitrogen and oxygen atoms in total. The van der Waals surface area contributed by atoms with Crippen LogP contribution in [-0.2, 0) is 6.54 Å². The molecule has 1 aromatic carbocycles. The van der Waals surface area contributed by atoms with E-state index >= 15 is 0 Å². The fraction of sp³-hybridized carbons (Fsp3) is 0.333. The van der Waals surface area contributed by atoms with E-state index in [9.17, 15) is 4.79 Å². The smallest absolute Gasteiger partial charge is 0.320 e. The summed E-state index contributed by atoms with van der Waals surface area (Å²) >= 11 is 1.49. The number of carbonyl (C=O) groups is 1. The molecule has 1 N–H and O–H groups in total. The highest BCUT2D eigenvalue weighted by Crippen LogP contribution is 2.17. The van der Waals surface area contributed by atoms with E-state index in [-0.39, 0.29) is 6.03 Å².